The van der Waals surface area contributed by atoms with Gasteiger partial charge in [-0.15, -0.1) is 0 Å². The highest BCUT2D eigenvalue weighted by Gasteiger charge is 1.94. The van der Waals surface area contributed by atoms with Crippen molar-refractivity contribution >= 4 is 40.1 Å². The van der Waals surface area contributed by atoms with Gasteiger partial charge in [-0.25, -0.2) is 4.79 Å². The topological polar surface area (TPSA) is 26.3 Å². The lowest BCUT2D eigenvalue weighted by atomic mass is 10.1. The molecule has 2 aromatic carbocycles. The van der Waals surface area contributed by atoms with Crippen LogP contribution < -0.4 is 0 Å². The molecule has 0 amide bonds. The SMILES string of the molecule is CCOC(=O)C=Cc1ccc(C=Cc2ccc(Br)cc2)cc1. The number of hydrogen-bond donors (Lipinski definition) is 0. The van der Waals surface area contributed by atoms with E-state index in [9.17, 15) is 4.79 Å². The molecule has 0 unspecified atom stereocenters. The van der Waals surface area contributed by atoms with Gasteiger partial charge in [-0.2, -0.15) is 0 Å². The lowest BCUT2D eigenvalue weighted by Gasteiger charge is -1.98. The van der Waals surface area contributed by atoms with Gasteiger partial charge in [0, 0.05) is 10.5 Å². The van der Waals surface area contributed by atoms with Gasteiger partial charge in [0.25, 0.3) is 0 Å². The van der Waals surface area contributed by atoms with Crippen molar-refractivity contribution in [3.63, 3.8) is 0 Å². The summed E-state index contributed by atoms with van der Waals surface area (Å²) in [5, 5.41) is 0. The molecule has 0 fully saturated rings. The van der Waals surface area contributed by atoms with E-state index in [1.165, 1.54) is 6.08 Å². The largest absolute Gasteiger partial charge is 0.463 e. The molecule has 0 N–H and O–H groups in total. The van der Waals surface area contributed by atoms with Crippen molar-refractivity contribution < 1.29 is 9.53 Å². The molecule has 3 heteroatoms. The maximum Gasteiger partial charge on any atom is 0.330 e. The fraction of sp³-hybridized carbons (Fsp3) is 0.105. The third-order valence-corrected chi connectivity index (χ3v) is 3.50. The van der Waals surface area contributed by atoms with Gasteiger partial charge < -0.3 is 4.74 Å². The van der Waals surface area contributed by atoms with E-state index in [0.717, 1.165) is 21.2 Å². The van der Waals surface area contributed by atoms with Crippen LogP contribution >= 0.6 is 15.9 Å². The predicted octanol–water partition coefficient (Wildman–Crippen LogP) is 5.20. The van der Waals surface area contributed by atoms with E-state index in [2.05, 4.69) is 40.2 Å². The van der Waals surface area contributed by atoms with Gasteiger partial charge in [0.15, 0.2) is 0 Å². The molecule has 0 bridgehead atoms. The molecule has 0 saturated carbocycles. The summed E-state index contributed by atoms with van der Waals surface area (Å²) in [7, 11) is 0. The molecule has 0 saturated heterocycles. The Morgan fingerprint density at radius 3 is 1.86 bits per heavy atom. The first-order valence-corrected chi connectivity index (χ1v) is 7.85. The first-order chi connectivity index (χ1) is 10.7. The van der Waals surface area contributed by atoms with Crippen molar-refractivity contribution in [1.82, 2.24) is 0 Å². The molecule has 0 heterocycles. The molecular weight excluding hydrogens is 340 g/mol. The fourth-order valence-electron chi connectivity index (χ4n) is 1.84. The Morgan fingerprint density at radius 1 is 0.909 bits per heavy atom. The van der Waals surface area contributed by atoms with Crippen LogP contribution in [0, 0.1) is 0 Å². The lowest BCUT2D eigenvalue weighted by Crippen LogP contribution is -1.98. The predicted molar refractivity (Wildman–Crippen MR) is 95.2 cm³/mol. The molecule has 0 spiro atoms. The summed E-state index contributed by atoms with van der Waals surface area (Å²) in [4.78, 5) is 11.2. The molecule has 0 radical (unpaired) electrons. The van der Waals surface area contributed by atoms with Crippen molar-refractivity contribution in [1.29, 1.82) is 0 Å². The average molecular weight is 357 g/mol. The maximum atomic E-state index is 11.2. The Kier molecular flexibility index (Phi) is 6.16. The Hall–Kier alpha value is -2.13. The first kappa shape index (κ1) is 16.2. The minimum absolute atomic E-state index is 0.318. The zero-order chi connectivity index (χ0) is 15.8. The molecule has 0 aliphatic heterocycles. The summed E-state index contributed by atoms with van der Waals surface area (Å²) in [5.74, 6) is -0.318. The molecule has 0 atom stereocenters. The minimum Gasteiger partial charge on any atom is -0.463 e. The van der Waals surface area contributed by atoms with Crippen LogP contribution in [-0.2, 0) is 9.53 Å². The third kappa shape index (κ3) is 5.34. The Morgan fingerprint density at radius 2 is 1.36 bits per heavy atom. The second-order valence-electron chi connectivity index (χ2n) is 4.64. The molecule has 2 aromatic rings. The summed E-state index contributed by atoms with van der Waals surface area (Å²) in [5.41, 5.74) is 3.22. The fourth-order valence-corrected chi connectivity index (χ4v) is 2.10. The van der Waals surface area contributed by atoms with E-state index < -0.39 is 0 Å². The number of benzene rings is 2. The Balaban J connectivity index is 1.99. The summed E-state index contributed by atoms with van der Waals surface area (Å²) in [6.07, 6.45) is 7.31. The number of rotatable bonds is 5. The van der Waals surface area contributed by atoms with Gasteiger partial charge in [-0.1, -0.05) is 64.5 Å². The van der Waals surface area contributed by atoms with E-state index in [-0.39, 0.29) is 5.97 Å². The van der Waals surface area contributed by atoms with Crippen molar-refractivity contribution in [3.05, 3.63) is 75.8 Å². The van der Waals surface area contributed by atoms with Crippen LogP contribution in [0.4, 0.5) is 0 Å². The molecule has 2 nitrogen and oxygen atoms in total. The van der Waals surface area contributed by atoms with E-state index in [1.807, 2.05) is 36.4 Å². The second-order valence-corrected chi connectivity index (χ2v) is 5.55. The standard InChI is InChI=1S/C19H17BrO2/c1-2-22-19(21)14-11-16-6-3-15(4-7-16)5-8-17-9-12-18(20)13-10-17/h3-14H,2H2,1H3. The molecule has 0 aliphatic carbocycles. The van der Waals surface area contributed by atoms with Gasteiger partial charge in [-0.05, 0) is 41.8 Å². The van der Waals surface area contributed by atoms with Crippen LogP contribution in [0.3, 0.4) is 0 Å². The van der Waals surface area contributed by atoms with Gasteiger partial charge >= 0.3 is 5.97 Å². The number of halogens is 1. The number of carbonyl (C=O) groups is 1. The molecule has 112 valence electrons. The van der Waals surface area contributed by atoms with Gasteiger partial charge in [-0.3, -0.25) is 0 Å². The van der Waals surface area contributed by atoms with Crippen molar-refractivity contribution in [2.45, 2.75) is 6.92 Å². The minimum atomic E-state index is -0.318. The van der Waals surface area contributed by atoms with E-state index >= 15 is 0 Å². The van der Waals surface area contributed by atoms with Crippen LogP contribution in [0.25, 0.3) is 18.2 Å². The normalized spacial score (nSPS) is 11.2. The molecule has 0 aliphatic rings. The van der Waals surface area contributed by atoms with E-state index in [1.54, 1.807) is 13.0 Å². The molecule has 22 heavy (non-hydrogen) atoms. The van der Waals surface area contributed by atoms with E-state index in [4.69, 9.17) is 4.74 Å². The number of esters is 1. The first-order valence-electron chi connectivity index (χ1n) is 7.06. The highest BCUT2D eigenvalue weighted by Crippen LogP contribution is 2.14. The van der Waals surface area contributed by atoms with Gasteiger partial charge in [0.05, 0.1) is 6.61 Å². The third-order valence-electron chi connectivity index (χ3n) is 2.97. The smallest absolute Gasteiger partial charge is 0.330 e. The summed E-state index contributed by atoms with van der Waals surface area (Å²) >= 11 is 3.42. The zero-order valence-electron chi connectivity index (χ0n) is 12.3. The van der Waals surface area contributed by atoms with Crippen molar-refractivity contribution in [2.75, 3.05) is 6.61 Å². The summed E-state index contributed by atoms with van der Waals surface area (Å²) in [6, 6.07) is 16.1. The second kappa shape index (κ2) is 8.35. The van der Waals surface area contributed by atoms with Crippen LogP contribution in [0.1, 0.15) is 23.6 Å². The molecule has 0 aromatic heterocycles. The van der Waals surface area contributed by atoms with Gasteiger partial charge in [0.1, 0.15) is 0 Å². The lowest BCUT2D eigenvalue weighted by molar-refractivity contribution is -0.137. The monoisotopic (exact) mass is 356 g/mol. The van der Waals surface area contributed by atoms with Crippen LogP contribution in [0.5, 0.6) is 0 Å². The quantitative estimate of drug-likeness (QED) is 0.418. The van der Waals surface area contributed by atoms with E-state index in [0.29, 0.717) is 6.61 Å². The van der Waals surface area contributed by atoms with Crippen molar-refractivity contribution in [3.8, 4) is 0 Å². The Bertz CT molecular complexity index is 668. The Labute approximate surface area is 139 Å². The van der Waals surface area contributed by atoms with Crippen LogP contribution in [-0.4, -0.2) is 12.6 Å². The van der Waals surface area contributed by atoms with Crippen LogP contribution in [0.15, 0.2) is 59.1 Å². The number of carbonyl (C=O) groups excluding carboxylic acids is 1. The highest BCUT2D eigenvalue weighted by atomic mass is 79.9. The average Bonchev–Trinajstić information content (AvgIpc) is 2.54. The van der Waals surface area contributed by atoms with Crippen molar-refractivity contribution in [2.24, 2.45) is 0 Å². The summed E-state index contributed by atoms with van der Waals surface area (Å²) in [6.45, 7) is 2.18. The maximum absolute atomic E-state index is 11.2. The van der Waals surface area contributed by atoms with Crippen LogP contribution in [0.2, 0.25) is 0 Å². The van der Waals surface area contributed by atoms with Gasteiger partial charge in [0.2, 0.25) is 0 Å². The summed E-state index contributed by atoms with van der Waals surface area (Å²) < 4.78 is 5.91. The zero-order valence-corrected chi connectivity index (χ0v) is 13.9. The number of hydrogen-bond acceptors (Lipinski definition) is 2. The highest BCUT2D eigenvalue weighted by molar-refractivity contribution is 9.10. The molecule has 2 rings (SSSR count). The number of ether oxygens (including phenoxy) is 1. The molecular formula is C19H17BrO2.